The van der Waals surface area contributed by atoms with E-state index in [1.54, 1.807) is 0 Å². The van der Waals surface area contributed by atoms with Crippen LogP contribution in [0.1, 0.15) is 18.0 Å². The average molecular weight is 334 g/mol. The number of aromatic nitrogens is 2. The molecule has 1 fully saturated rings. The highest BCUT2D eigenvalue weighted by Crippen LogP contribution is 2.23. The van der Waals surface area contributed by atoms with E-state index in [1.807, 2.05) is 53.7 Å². The highest BCUT2D eigenvalue weighted by molar-refractivity contribution is 5.78. The molecule has 1 aliphatic rings. The largest absolute Gasteiger partial charge is 0.333 e. The number of nitrogens with one attached hydrogen (secondary N) is 1. The molecule has 128 valence electrons. The first-order valence-electron chi connectivity index (χ1n) is 8.78. The molecule has 1 aromatic heterocycles. The molecule has 0 spiro atoms. The van der Waals surface area contributed by atoms with Gasteiger partial charge in [0.15, 0.2) is 0 Å². The van der Waals surface area contributed by atoms with E-state index in [-0.39, 0.29) is 11.9 Å². The molecule has 3 aromatic rings. The third-order valence-corrected chi connectivity index (χ3v) is 4.84. The van der Waals surface area contributed by atoms with Crippen LogP contribution in [-0.4, -0.2) is 40.0 Å². The quantitative estimate of drug-likeness (QED) is 0.798. The van der Waals surface area contributed by atoms with Gasteiger partial charge in [-0.2, -0.15) is 0 Å². The molecule has 25 heavy (non-hydrogen) atoms. The van der Waals surface area contributed by atoms with Gasteiger partial charge in [0, 0.05) is 32.6 Å². The molecule has 0 bridgehead atoms. The molecule has 1 saturated heterocycles. The summed E-state index contributed by atoms with van der Waals surface area (Å²) < 4.78 is 2.06. The Bertz CT molecular complexity index is 858. The minimum Gasteiger partial charge on any atom is -0.333 e. The second-order valence-electron chi connectivity index (χ2n) is 6.39. The van der Waals surface area contributed by atoms with E-state index >= 15 is 0 Å². The smallest absolute Gasteiger partial charge is 0.224 e. The Balaban J connectivity index is 1.47. The lowest BCUT2D eigenvalue weighted by Crippen LogP contribution is -2.48. The summed E-state index contributed by atoms with van der Waals surface area (Å²) >= 11 is 0. The number of para-hydroxylation sites is 2. The second kappa shape index (κ2) is 7.07. The zero-order valence-corrected chi connectivity index (χ0v) is 14.1. The van der Waals surface area contributed by atoms with Gasteiger partial charge in [0.25, 0.3) is 0 Å². The highest BCUT2D eigenvalue weighted by atomic mass is 16.2. The van der Waals surface area contributed by atoms with Crippen LogP contribution in [0.3, 0.4) is 0 Å². The normalized spacial score (nSPS) is 17.8. The maximum atomic E-state index is 12.9. The summed E-state index contributed by atoms with van der Waals surface area (Å²) in [7, 11) is 0. The number of rotatable bonds is 4. The van der Waals surface area contributed by atoms with Crippen LogP contribution in [0.4, 0.5) is 0 Å². The first-order valence-corrected chi connectivity index (χ1v) is 8.78. The van der Waals surface area contributed by atoms with Crippen molar-refractivity contribution in [3.63, 3.8) is 0 Å². The number of aryl methyl sites for hydroxylation is 1. The van der Waals surface area contributed by atoms with Gasteiger partial charge in [-0.25, -0.2) is 4.98 Å². The minimum atomic E-state index is 0.113. The van der Waals surface area contributed by atoms with Gasteiger partial charge in [-0.15, -0.1) is 0 Å². The molecule has 2 aromatic carbocycles. The number of nitrogens with zero attached hydrogens (tertiary/aromatic N) is 3. The fourth-order valence-electron chi connectivity index (χ4n) is 3.52. The maximum absolute atomic E-state index is 12.9. The fourth-order valence-corrected chi connectivity index (χ4v) is 3.52. The standard InChI is InChI=1S/C20H22N4O/c25-20(10-12-23-15-22-17-8-4-5-9-18(17)23)24-13-11-21-14-19(24)16-6-2-1-3-7-16/h1-9,15,19,21H,10-14H2/t19-/m1/s1. The summed E-state index contributed by atoms with van der Waals surface area (Å²) in [5.74, 6) is 0.202. The van der Waals surface area contributed by atoms with Crippen molar-refractivity contribution in [2.24, 2.45) is 0 Å². The molecule has 5 nitrogen and oxygen atoms in total. The lowest BCUT2D eigenvalue weighted by atomic mass is 10.0. The van der Waals surface area contributed by atoms with Gasteiger partial charge in [-0.3, -0.25) is 4.79 Å². The SMILES string of the molecule is O=C(CCn1cnc2ccccc21)N1CCNC[C@@H]1c1ccccc1. The molecule has 2 heterocycles. The van der Waals surface area contributed by atoms with E-state index in [4.69, 9.17) is 0 Å². The van der Waals surface area contributed by atoms with Gasteiger partial charge in [-0.1, -0.05) is 42.5 Å². The predicted octanol–water partition coefficient (Wildman–Crippen LogP) is 2.60. The van der Waals surface area contributed by atoms with E-state index in [1.165, 1.54) is 5.56 Å². The van der Waals surface area contributed by atoms with Gasteiger partial charge in [0.05, 0.1) is 23.4 Å². The van der Waals surface area contributed by atoms with E-state index < -0.39 is 0 Å². The van der Waals surface area contributed by atoms with Crippen molar-refractivity contribution in [3.05, 3.63) is 66.5 Å². The number of hydrogen-bond donors (Lipinski definition) is 1. The number of piperazine rings is 1. The lowest BCUT2D eigenvalue weighted by molar-refractivity contribution is -0.134. The van der Waals surface area contributed by atoms with Crippen molar-refractivity contribution in [2.45, 2.75) is 19.0 Å². The van der Waals surface area contributed by atoms with E-state index in [9.17, 15) is 4.79 Å². The number of carbonyl (C=O) groups excluding carboxylic acids is 1. The van der Waals surface area contributed by atoms with E-state index in [0.29, 0.717) is 13.0 Å². The topological polar surface area (TPSA) is 50.2 Å². The van der Waals surface area contributed by atoms with Crippen molar-refractivity contribution in [2.75, 3.05) is 19.6 Å². The first kappa shape index (κ1) is 15.8. The summed E-state index contributed by atoms with van der Waals surface area (Å²) in [5.41, 5.74) is 3.24. The maximum Gasteiger partial charge on any atom is 0.224 e. The summed E-state index contributed by atoms with van der Waals surface area (Å²) in [4.78, 5) is 19.3. The third kappa shape index (κ3) is 3.28. The van der Waals surface area contributed by atoms with Crippen LogP contribution >= 0.6 is 0 Å². The van der Waals surface area contributed by atoms with Crippen molar-refractivity contribution >= 4 is 16.9 Å². The number of benzene rings is 2. The zero-order valence-electron chi connectivity index (χ0n) is 14.1. The summed E-state index contributed by atoms with van der Waals surface area (Å²) in [6.07, 6.45) is 2.31. The Morgan fingerprint density at radius 1 is 1.12 bits per heavy atom. The summed E-state index contributed by atoms with van der Waals surface area (Å²) in [5, 5.41) is 3.40. The van der Waals surface area contributed by atoms with Gasteiger partial charge < -0.3 is 14.8 Å². The molecule has 0 unspecified atom stereocenters. The average Bonchev–Trinajstić information content (AvgIpc) is 3.10. The van der Waals surface area contributed by atoms with E-state index in [0.717, 1.165) is 30.7 Å². The molecule has 1 N–H and O–H groups in total. The van der Waals surface area contributed by atoms with Gasteiger partial charge >= 0.3 is 0 Å². The van der Waals surface area contributed by atoms with Gasteiger partial charge in [0.1, 0.15) is 0 Å². The molecule has 0 radical (unpaired) electrons. The monoisotopic (exact) mass is 334 g/mol. The second-order valence-corrected chi connectivity index (χ2v) is 6.39. The molecule has 4 rings (SSSR count). The molecule has 1 atom stereocenters. The zero-order chi connectivity index (χ0) is 17.1. The molecular formula is C20H22N4O. The van der Waals surface area contributed by atoms with Crippen LogP contribution in [0.5, 0.6) is 0 Å². The number of fused-ring (bicyclic) bond motifs is 1. The Morgan fingerprint density at radius 2 is 1.92 bits per heavy atom. The Hall–Kier alpha value is -2.66. The van der Waals surface area contributed by atoms with Crippen LogP contribution in [0.2, 0.25) is 0 Å². The number of amides is 1. The number of carbonyl (C=O) groups is 1. The van der Waals surface area contributed by atoms with Crippen molar-refractivity contribution in [3.8, 4) is 0 Å². The molecular weight excluding hydrogens is 312 g/mol. The van der Waals surface area contributed by atoms with Crippen LogP contribution in [0, 0.1) is 0 Å². The van der Waals surface area contributed by atoms with Crippen molar-refractivity contribution < 1.29 is 4.79 Å². The summed E-state index contributed by atoms with van der Waals surface area (Å²) in [6.45, 7) is 3.07. The molecule has 1 amide bonds. The van der Waals surface area contributed by atoms with Crippen LogP contribution in [0.25, 0.3) is 11.0 Å². The van der Waals surface area contributed by atoms with E-state index in [2.05, 4.69) is 27.0 Å². The Kier molecular flexibility index (Phi) is 4.48. The highest BCUT2D eigenvalue weighted by Gasteiger charge is 2.27. The molecule has 0 aliphatic carbocycles. The summed E-state index contributed by atoms with van der Waals surface area (Å²) in [6, 6.07) is 18.4. The number of hydrogen-bond acceptors (Lipinski definition) is 3. The Labute approximate surface area is 147 Å². The fraction of sp³-hybridized carbons (Fsp3) is 0.300. The molecule has 1 aliphatic heterocycles. The van der Waals surface area contributed by atoms with Gasteiger partial charge in [-0.05, 0) is 17.7 Å². The minimum absolute atomic E-state index is 0.113. The van der Waals surface area contributed by atoms with Crippen LogP contribution in [-0.2, 0) is 11.3 Å². The third-order valence-electron chi connectivity index (χ3n) is 4.84. The molecule has 0 saturated carbocycles. The first-order chi connectivity index (χ1) is 12.3. The Morgan fingerprint density at radius 3 is 2.80 bits per heavy atom. The van der Waals surface area contributed by atoms with Gasteiger partial charge in [0.2, 0.25) is 5.91 Å². The van der Waals surface area contributed by atoms with Crippen LogP contribution in [0.15, 0.2) is 60.9 Å². The molecule has 5 heteroatoms. The number of imidazole rings is 1. The van der Waals surface area contributed by atoms with Crippen molar-refractivity contribution in [1.29, 1.82) is 0 Å². The van der Waals surface area contributed by atoms with Crippen LogP contribution < -0.4 is 5.32 Å². The predicted molar refractivity (Wildman–Crippen MR) is 98.1 cm³/mol. The lowest BCUT2D eigenvalue weighted by Gasteiger charge is -2.36. The van der Waals surface area contributed by atoms with Crippen molar-refractivity contribution in [1.82, 2.24) is 19.8 Å².